The fourth-order valence-electron chi connectivity index (χ4n) is 7.58. The van der Waals surface area contributed by atoms with Gasteiger partial charge in [-0.15, -0.1) is 45.9 Å². The van der Waals surface area contributed by atoms with Crippen molar-refractivity contribution in [3.63, 3.8) is 0 Å². The Morgan fingerprint density at radius 3 is 0.838 bits per heavy atom. The highest BCUT2D eigenvalue weighted by molar-refractivity contribution is 9.10. The average Bonchev–Trinajstić information content (AvgIpc) is 3.41. The van der Waals surface area contributed by atoms with E-state index in [9.17, 15) is 14.4 Å². The van der Waals surface area contributed by atoms with E-state index < -0.39 is 25.0 Å². The third kappa shape index (κ3) is 17.0. The Morgan fingerprint density at radius 1 is 0.365 bits per heavy atom. The minimum atomic E-state index is -2.63. The third-order valence-electron chi connectivity index (χ3n) is 11.5. The fourth-order valence-corrected chi connectivity index (χ4v) is 15.2. The molecule has 3 N–H and O–H groups in total. The molecule has 0 fully saturated rings. The summed E-state index contributed by atoms with van der Waals surface area (Å²) in [5.74, 6) is 15.2. The van der Waals surface area contributed by atoms with Crippen molar-refractivity contribution in [3.05, 3.63) is 259 Å². The first-order chi connectivity index (χ1) is 35.7. The number of hydrogen-bond acceptors (Lipinski definition) is 7. The molecule has 7 rings (SSSR count). The molecule has 0 atom stereocenters. The van der Waals surface area contributed by atoms with Gasteiger partial charge in [-0.25, -0.2) is 0 Å². The van der Waals surface area contributed by atoms with E-state index in [1.165, 1.54) is 0 Å². The van der Waals surface area contributed by atoms with E-state index in [4.69, 9.17) is 6.42 Å². The number of benzene rings is 3. The third-order valence-corrected chi connectivity index (χ3v) is 22.5. The quantitative estimate of drug-likeness (QED) is 0.0473. The largest absolute Gasteiger partial charge is 0.427 e. The lowest BCUT2D eigenvalue weighted by atomic mass is 10.1. The molecule has 7 nitrogen and oxygen atoms in total. The van der Waals surface area contributed by atoms with Gasteiger partial charge in [0.05, 0.1) is 22.8 Å². The summed E-state index contributed by atoms with van der Waals surface area (Å²) in [5, 5.41) is 2.88. The summed E-state index contributed by atoms with van der Waals surface area (Å²) < 4.78 is 1.94. The van der Waals surface area contributed by atoms with Crippen molar-refractivity contribution in [2.75, 3.05) is 0 Å². The molecule has 3 aromatic carbocycles. The second-order valence-corrected chi connectivity index (χ2v) is 29.2. The summed E-state index contributed by atoms with van der Waals surface area (Å²) in [6, 6.07) is 42.2. The highest BCUT2D eigenvalue weighted by Gasteiger charge is 2.32. The molecule has 0 aliphatic heterocycles. The number of hydrogen-bond donors (Lipinski definition) is 3. The van der Waals surface area contributed by atoms with Gasteiger partial charge in [-0.3, -0.25) is 19.9 Å². The smallest absolute Gasteiger partial charge is 0.227 e. The molecule has 4 aromatic heterocycles. The Labute approximate surface area is 457 Å². The maximum absolute atomic E-state index is 11.1. The number of pyridine rings is 4. The summed E-state index contributed by atoms with van der Waals surface area (Å²) in [7, 11) is -7.73. The first kappa shape index (κ1) is 57.8. The molecule has 0 unspecified atom stereocenters. The molecule has 0 saturated carbocycles. The molecule has 0 spiro atoms. The molecule has 4 heterocycles. The van der Waals surface area contributed by atoms with Crippen LogP contribution in [0.1, 0.15) is 27.8 Å². The van der Waals surface area contributed by atoms with Crippen molar-refractivity contribution in [2.24, 2.45) is 0 Å². The lowest BCUT2D eigenvalue weighted by Crippen LogP contribution is -2.47. The first-order valence-corrected chi connectivity index (χ1v) is 32.2. The number of rotatable bonds is 17. The predicted molar refractivity (Wildman–Crippen MR) is 322 cm³/mol. The van der Waals surface area contributed by atoms with Gasteiger partial charge in [-0.2, -0.15) is 0 Å². The van der Waals surface area contributed by atoms with Crippen LogP contribution in [0.25, 0.3) is 22.8 Å². The van der Waals surface area contributed by atoms with Crippen molar-refractivity contribution in [1.82, 2.24) is 19.9 Å². The Balaban J connectivity index is 0.000000272. The van der Waals surface area contributed by atoms with Crippen LogP contribution in [0.2, 0.25) is 36.3 Å². The van der Waals surface area contributed by atoms with E-state index in [-0.39, 0.29) is 0 Å². The van der Waals surface area contributed by atoms with Crippen molar-refractivity contribution < 1.29 is 14.4 Å². The van der Waals surface area contributed by atoms with Gasteiger partial charge in [-0.1, -0.05) is 102 Å². The second kappa shape index (κ2) is 28.9. The van der Waals surface area contributed by atoms with Crippen LogP contribution in [0, 0.1) is 36.0 Å². The SMILES string of the molecule is Brc1ccc(-c2ccc(Br)cn2)nc1.C#Cc1ccc([Si](O)(CC=C)CC=C)cc1.C=CC[Si](O)(CC=C)c1ccc(C#Cc2ccc(-c3ccc(C#Cc4ccc([Si](O)(CC=C)CC=C)cc4)cn3)nc2)cc1. The van der Waals surface area contributed by atoms with E-state index in [0.717, 1.165) is 75.1 Å². The number of nitrogens with zero attached hydrogens (tertiary/aromatic N) is 4. The molecule has 0 aliphatic rings. The molecule has 0 aliphatic carbocycles. The highest BCUT2D eigenvalue weighted by Crippen LogP contribution is 2.20. The molecule has 0 radical (unpaired) electrons. The highest BCUT2D eigenvalue weighted by atomic mass is 79.9. The Kier molecular flexibility index (Phi) is 22.6. The summed E-state index contributed by atoms with van der Waals surface area (Å²) in [5.41, 5.74) is 7.41. The average molecular weight is 1150 g/mol. The molecule has 0 saturated heterocycles. The number of halogens is 2. The standard InChI is InChI=1S/C38H36N2O2Si2.C14H16OSi.C10H6Br2N2/c1-5-25-43(41,26-6-2)35-19-13-31(14-20-35)9-11-33-17-23-37(39-29-33)38-24-18-34(30-40-38)12-10-32-15-21-36(22-16-32)44(42,27-7-3)28-8-4;1-4-11-16(15,12-5-2)14-9-7-13(6-3)8-10-14;11-7-1-3-9(13-5-7)10-4-2-8(12)6-14-10/h5-8,13-24,29-30,41-42H,1-4,25-28H2;3-5,7-10,15H,1-2,11-12H2;1-6H. The summed E-state index contributed by atoms with van der Waals surface area (Å²) >= 11 is 6.68. The minimum absolute atomic E-state index is 0.586. The van der Waals surface area contributed by atoms with E-state index in [1.807, 2.05) is 121 Å². The van der Waals surface area contributed by atoms with Gasteiger partial charge in [0.15, 0.2) is 0 Å². The molecule has 74 heavy (non-hydrogen) atoms. The lowest BCUT2D eigenvalue weighted by Gasteiger charge is -2.22. The molecule has 370 valence electrons. The zero-order valence-electron chi connectivity index (χ0n) is 41.3. The Morgan fingerprint density at radius 2 is 0.608 bits per heavy atom. The Hall–Kier alpha value is -7.13. The van der Waals surface area contributed by atoms with Gasteiger partial charge in [0.1, 0.15) is 0 Å². The lowest BCUT2D eigenvalue weighted by molar-refractivity contribution is 0.556. The molecule has 12 heteroatoms. The van der Waals surface area contributed by atoms with Crippen molar-refractivity contribution in [3.8, 4) is 58.8 Å². The van der Waals surface area contributed by atoms with E-state index in [2.05, 4.69) is 121 Å². The topological polar surface area (TPSA) is 112 Å². The number of allylic oxidation sites excluding steroid dienone is 6. The fraction of sp³-hybridized carbons (Fsp3) is 0.0968. The Bertz CT molecular complexity index is 2970. The van der Waals surface area contributed by atoms with Crippen LogP contribution in [-0.4, -0.2) is 59.3 Å². The molecular weight excluding hydrogens is 1090 g/mol. The summed E-state index contributed by atoms with van der Waals surface area (Å²) in [4.78, 5) is 50.4. The number of aromatic nitrogens is 4. The zero-order chi connectivity index (χ0) is 53.4. The van der Waals surface area contributed by atoms with Gasteiger partial charge >= 0.3 is 0 Å². The normalized spacial score (nSPS) is 10.6. The van der Waals surface area contributed by atoms with E-state index in [0.29, 0.717) is 36.3 Å². The molecule has 0 bridgehead atoms. The molecule has 0 amide bonds. The monoisotopic (exact) mass is 1150 g/mol. The van der Waals surface area contributed by atoms with Gasteiger partial charge < -0.3 is 14.4 Å². The maximum atomic E-state index is 11.1. The molecule has 7 aromatic rings. The minimum Gasteiger partial charge on any atom is -0.427 e. The van der Waals surface area contributed by atoms with Crippen LogP contribution in [0.15, 0.2) is 231 Å². The number of terminal acetylenes is 1. The summed E-state index contributed by atoms with van der Waals surface area (Å²) in [6.07, 6.45) is 22.9. The van der Waals surface area contributed by atoms with Gasteiger partial charge in [0, 0.05) is 61.6 Å². The van der Waals surface area contributed by atoms with Crippen LogP contribution in [-0.2, 0) is 0 Å². The zero-order valence-corrected chi connectivity index (χ0v) is 47.4. The van der Waals surface area contributed by atoms with Crippen LogP contribution >= 0.6 is 31.9 Å². The van der Waals surface area contributed by atoms with Gasteiger partial charge in [-0.05, 0) is 169 Å². The predicted octanol–water partition coefficient (Wildman–Crippen LogP) is 11.8. The van der Waals surface area contributed by atoms with E-state index >= 15 is 0 Å². The van der Waals surface area contributed by atoms with Crippen LogP contribution in [0.5, 0.6) is 0 Å². The van der Waals surface area contributed by atoms with Crippen LogP contribution < -0.4 is 15.6 Å². The van der Waals surface area contributed by atoms with Crippen LogP contribution in [0.3, 0.4) is 0 Å². The van der Waals surface area contributed by atoms with Crippen molar-refractivity contribution in [1.29, 1.82) is 0 Å². The van der Waals surface area contributed by atoms with Crippen molar-refractivity contribution >= 4 is 72.4 Å². The van der Waals surface area contributed by atoms with Gasteiger partial charge in [0.2, 0.25) is 25.0 Å². The van der Waals surface area contributed by atoms with Crippen molar-refractivity contribution in [2.45, 2.75) is 36.3 Å². The molecular formula is C62H58Br2N4O3Si3. The second-order valence-electron chi connectivity index (χ2n) is 17.0. The first-order valence-electron chi connectivity index (χ1n) is 23.5. The van der Waals surface area contributed by atoms with Crippen LogP contribution in [0.4, 0.5) is 0 Å². The maximum Gasteiger partial charge on any atom is 0.227 e. The summed E-state index contributed by atoms with van der Waals surface area (Å²) in [6.45, 7) is 22.6. The van der Waals surface area contributed by atoms with E-state index in [1.54, 1.807) is 61.2 Å². The van der Waals surface area contributed by atoms with Gasteiger partial charge in [0.25, 0.3) is 0 Å².